The molecule has 2 aliphatic rings. The molecule has 31 heavy (non-hydrogen) atoms. The summed E-state index contributed by atoms with van der Waals surface area (Å²) in [7, 11) is -5.67. The van der Waals surface area contributed by atoms with Gasteiger partial charge < -0.3 is 14.8 Å². The predicted octanol–water partition coefficient (Wildman–Crippen LogP) is 0.328. The molecule has 0 aromatic heterocycles. The average Bonchev–Trinajstić information content (AvgIpc) is 3.37. The zero-order chi connectivity index (χ0) is 22.8. The summed E-state index contributed by atoms with van der Waals surface area (Å²) in [5, 5.41) is 2.56. The lowest BCUT2D eigenvalue weighted by Crippen LogP contribution is -2.42. The second-order valence-electron chi connectivity index (χ2n) is 7.63. The summed E-state index contributed by atoms with van der Waals surface area (Å²) in [4.78, 5) is 24.7. The van der Waals surface area contributed by atoms with Crippen molar-refractivity contribution in [1.29, 1.82) is 0 Å². The van der Waals surface area contributed by atoms with Crippen molar-refractivity contribution in [2.75, 3.05) is 31.7 Å². The molecule has 2 heterocycles. The number of benzene rings is 1. The van der Waals surface area contributed by atoms with Crippen LogP contribution in [0, 0.1) is 0 Å². The van der Waals surface area contributed by atoms with E-state index in [0.29, 0.717) is 19.5 Å². The first-order valence-electron chi connectivity index (χ1n) is 9.93. The highest BCUT2D eigenvalue weighted by atomic mass is 32.2. The number of carbonyl (C=O) groups is 2. The van der Waals surface area contributed by atoms with Gasteiger partial charge in [0, 0.05) is 19.1 Å². The standard InChI is InChI=1S/C19H26N2O8S2/c1-13(18(22)20-15-7-10-30(24,25)12-15)29-19(23)14-5-6-16(28-2)17(11-14)31(26,27)21-8-3-4-9-21/h5-6,11,13,15H,3-4,7-10,12H2,1-2H3,(H,20,22)/t13-,15-/m1/s1. The molecule has 0 bridgehead atoms. The summed E-state index contributed by atoms with van der Waals surface area (Å²) < 4.78 is 60.6. The number of nitrogens with one attached hydrogen (secondary N) is 1. The monoisotopic (exact) mass is 474 g/mol. The normalized spacial score (nSPS) is 22.1. The van der Waals surface area contributed by atoms with Crippen molar-refractivity contribution in [2.24, 2.45) is 0 Å². The fraction of sp³-hybridized carbons (Fsp3) is 0.579. The number of methoxy groups -OCH3 is 1. The Kier molecular flexibility index (Phi) is 6.92. The number of esters is 1. The van der Waals surface area contributed by atoms with Gasteiger partial charge in [-0.25, -0.2) is 21.6 Å². The number of hydrogen-bond acceptors (Lipinski definition) is 8. The van der Waals surface area contributed by atoms with E-state index in [9.17, 15) is 26.4 Å². The summed E-state index contributed by atoms with van der Waals surface area (Å²) in [5.41, 5.74) is -0.0401. The summed E-state index contributed by atoms with van der Waals surface area (Å²) >= 11 is 0. The Labute approximate surface area is 181 Å². The summed E-state index contributed by atoms with van der Waals surface area (Å²) in [6.07, 6.45) is 0.651. The number of amides is 1. The van der Waals surface area contributed by atoms with E-state index in [2.05, 4.69) is 5.32 Å². The third-order valence-corrected chi connectivity index (χ3v) is 9.00. The highest BCUT2D eigenvalue weighted by Crippen LogP contribution is 2.30. The van der Waals surface area contributed by atoms with Crippen LogP contribution in [0.15, 0.2) is 23.1 Å². The third kappa shape index (κ3) is 5.36. The molecule has 12 heteroatoms. The molecule has 2 atom stereocenters. The van der Waals surface area contributed by atoms with E-state index < -0.39 is 43.9 Å². The van der Waals surface area contributed by atoms with Crippen molar-refractivity contribution in [2.45, 2.75) is 43.2 Å². The fourth-order valence-electron chi connectivity index (χ4n) is 3.58. The van der Waals surface area contributed by atoms with Crippen LogP contribution in [0.4, 0.5) is 0 Å². The largest absolute Gasteiger partial charge is 0.495 e. The average molecular weight is 475 g/mol. The number of rotatable bonds is 7. The number of carbonyl (C=O) groups excluding carboxylic acids is 2. The van der Waals surface area contributed by atoms with Crippen LogP contribution in [0.25, 0.3) is 0 Å². The fourth-order valence-corrected chi connectivity index (χ4v) is 6.95. The Hall–Kier alpha value is -2.18. The van der Waals surface area contributed by atoms with E-state index in [4.69, 9.17) is 9.47 Å². The molecule has 1 N–H and O–H groups in total. The van der Waals surface area contributed by atoms with Crippen LogP contribution in [0.2, 0.25) is 0 Å². The maximum atomic E-state index is 12.9. The minimum atomic E-state index is -3.84. The molecule has 172 valence electrons. The van der Waals surface area contributed by atoms with Gasteiger partial charge in [0.2, 0.25) is 10.0 Å². The lowest BCUT2D eigenvalue weighted by molar-refractivity contribution is -0.129. The van der Waals surface area contributed by atoms with Gasteiger partial charge in [-0.05, 0) is 44.4 Å². The van der Waals surface area contributed by atoms with Gasteiger partial charge in [0.1, 0.15) is 10.6 Å². The van der Waals surface area contributed by atoms with Crippen molar-refractivity contribution >= 4 is 31.7 Å². The number of nitrogens with zero attached hydrogens (tertiary/aromatic N) is 1. The number of sulfonamides is 1. The van der Waals surface area contributed by atoms with Gasteiger partial charge in [0.15, 0.2) is 15.9 Å². The van der Waals surface area contributed by atoms with Crippen molar-refractivity contribution in [3.05, 3.63) is 23.8 Å². The van der Waals surface area contributed by atoms with Gasteiger partial charge in [-0.15, -0.1) is 0 Å². The van der Waals surface area contributed by atoms with E-state index in [-0.39, 0.29) is 27.7 Å². The van der Waals surface area contributed by atoms with Crippen molar-refractivity contribution in [3.8, 4) is 5.75 Å². The van der Waals surface area contributed by atoms with E-state index >= 15 is 0 Å². The molecule has 2 aliphatic heterocycles. The highest BCUT2D eigenvalue weighted by molar-refractivity contribution is 7.91. The van der Waals surface area contributed by atoms with Crippen LogP contribution in [0.3, 0.4) is 0 Å². The lowest BCUT2D eigenvalue weighted by atomic mass is 10.2. The summed E-state index contributed by atoms with van der Waals surface area (Å²) in [6.45, 7) is 2.16. The molecule has 1 amide bonds. The molecule has 3 rings (SSSR count). The second-order valence-corrected chi connectivity index (χ2v) is 11.8. The Morgan fingerprint density at radius 3 is 2.48 bits per heavy atom. The predicted molar refractivity (Wildman–Crippen MR) is 111 cm³/mol. The van der Waals surface area contributed by atoms with Crippen LogP contribution in [-0.2, 0) is 29.4 Å². The Morgan fingerprint density at radius 2 is 1.90 bits per heavy atom. The Morgan fingerprint density at radius 1 is 1.23 bits per heavy atom. The van der Waals surface area contributed by atoms with Crippen molar-refractivity contribution in [3.63, 3.8) is 0 Å². The van der Waals surface area contributed by atoms with E-state index in [1.807, 2.05) is 0 Å². The Balaban J connectivity index is 1.72. The van der Waals surface area contributed by atoms with Crippen LogP contribution >= 0.6 is 0 Å². The molecule has 10 nitrogen and oxygen atoms in total. The first kappa shape index (κ1) is 23.5. The van der Waals surface area contributed by atoms with Crippen LogP contribution < -0.4 is 10.1 Å². The minimum absolute atomic E-state index is 0.00618. The zero-order valence-electron chi connectivity index (χ0n) is 17.4. The smallest absolute Gasteiger partial charge is 0.338 e. The summed E-state index contributed by atoms with van der Waals surface area (Å²) in [5.74, 6) is -1.52. The first-order chi connectivity index (χ1) is 14.5. The molecule has 0 unspecified atom stereocenters. The number of hydrogen-bond donors (Lipinski definition) is 1. The second kappa shape index (κ2) is 9.13. The minimum Gasteiger partial charge on any atom is -0.495 e. The van der Waals surface area contributed by atoms with E-state index in [1.54, 1.807) is 0 Å². The zero-order valence-corrected chi connectivity index (χ0v) is 19.0. The number of ether oxygens (including phenoxy) is 2. The topological polar surface area (TPSA) is 136 Å². The molecule has 1 aromatic rings. The van der Waals surface area contributed by atoms with Crippen LogP contribution in [0.1, 0.15) is 36.5 Å². The molecular formula is C19H26N2O8S2. The Bertz CT molecular complexity index is 1060. The van der Waals surface area contributed by atoms with E-state index in [0.717, 1.165) is 12.8 Å². The molecule has 0 saturated carbocycles. The van der Waals surface area contributed by atoms with E-state index in [1.165, 1.54) is 36.5 Å². The van der Waals surface area contributed by atoms with Gasteiger partial charge in [0.25, 0.3) is 5.91 Å². The van der Waals surface area contributed by atoms with Gasteiger partial charge >= 0.3 is 5.97 Å². The van der Waals surface area contributed by atoms with Gasteiger partial charge in [0.05, 0.1) is 24.2 Å². The molecule has 2 saturated heterocycles. The van der Waals surface area contributed by atoms with Crippen LogP contribution in [-0.4, -0.2) is 76.9 Å². The SMILES string of the molecule is COc1ccc(C(=O)O[C@H](C)C(=O)N[C@@H]2CCS(=O)(=O)C2)cc1S(=O)(=O)N1CCCC1. The van der Waals surface area contributed by atoms with Crippen molar-refractivity contribution < 1.29 is 35.9 Å². The van der Waals surface area contributed by atoms with Gasteiger partial charge in [-0.1, -0.05) is 0 Å². The maximum Gasteiger partial charge on any atom is 0.338 e. The first-order valence-corrected chi connectivity index (χ1v) is 13.2. The lowest BCUT2D eigenvalue weighted by Gasteiger charge is -2.19. The third-order valence-electron chi connectivity index (χ3n) is 5.31. The summed E-state index contributed by atoms with van der Waals surface area (Å²) in [6, 6.07) is 3.39. The number of sulfone groups is 1. The molecule has 1 aromatic carbocycles. The molecule has 2 fully saturated rings. The molecule has 0 aliphatic carbocycles. The van der Waals surface area contributed by atoms with Gasteiger partial charge in [-0.3, -0.25) is 4.79 Å². The maximum absolute atomic E-state index is 12.9. The molecule has 0 radical (unpaired) electrons. The van der Waals surface area contributed by atoms with Crippen LogP contribution in [0.5, 0.6) is 5.75 Å². The molecule has 0 spiro atoms. The molecular weight excluding hydrogens is 448 g/mol. The van der Waals surface area contributed by atoms with Crippen molar-refractivity contribution in [1.82, 2.24) is 9.62 Å². The van der Waals surface area contributed by atoms with Gasteiger partial charge in [-0.2, -0.15) is 4.31 Å². The quantitative estimate of drug-likeness (QED) is 0.558. The highest BCUT2D eigenvalue weighted by Gasteiger charge is 2.32.